The fourth-order valence-electron chi connectivity index (χ4n) is 3.80. The number of phenolic OH excluding ortho intramolecular Hbond substituents is 1. The van der Waals surface area contributed by atoms with Gasteiger partial charge >= 0.3 is 5.97 Å². The maximum atomic E-state index is 12.5. The summed E-state index contributed by atoms with van der Waals surface area (Å²) in [6.07, 6.45) is 5.49. The van der Waals surface area contributed by atoms with Gasteiger partial charge in [-0.05, 0) is 43.4 Å². The van der Waals surface area contributed by atoms with Crippen LogP contribution in [0, 0.1) is 0 Å². The summed E-state index contributed by atoms with van der Waals surface area (Å²) in [5.74, 6) is -0.0403. The Morgan fingerprint density at radius 2 is 2.13 bits per heavy atom. The molecule has 1 aliphatic heterocycles. The lowest BCUT2D eigenvalue weighted by Gasteiger charge is -2.42. The summed E-state index contributed by atoms with van der Waals surface area (Å²) in [7, 11) is 1.43. The van der Waals surface area contributed by atoms with E-state index in [4.69, 9.17) is 16.3 Å². The molecule has 0 bridgehead atoms. The molecule has 1 fully saturated rings. The third-order valence-corrected chi connectivity index (χ3v) is 5.46. The number of aromatic hydroxyl groups is 1. The van der Waals surface area contributed by atoms with E-state index in [0.29, 0.717) is 18.9 Å². The highest BCUT2D eigenvalue weighted by Crippen LogP contribution is 2.39. The molecule has 2 aliphatic rings. The minimum Gasteiger partial charge on any atom is -0.508 e. The predicted octanol–water partition coefficient (Wildman–Crippen LogP) is 3.18. The van der Waals surface area contributed by atoms with Crippen LogP contribution in [0.4, 0.5) is 0 Å². The molecule has 124 valence electrons. The second kappa shape index (κ2) is 6.54. The van der Waals surface area contributed by atoms with Gasteiger partial charge in [0, 0.05) is 24.2 Å². The number of piperidine rings is 1. The fraction of sp³-hybridized carbons (Fsp3) is 0.500. The van der Waals surface area contributed by atoms with Gasteiger partial charge in [0.15, 0.2) is 0 Å². The standard InChI is InChI=1S/C18H22ClNO3/c1-23-17(22)18(13-3-2-4-16(21)11-13)7-9-20(10-8-18)15-6-5-14(19)12-15/h2-4,11-12,15,21H,5-10H2,1H3. The van der Waals surface area contributed by atoms with Crippen molar-refractivity contribution in [1.82, 2.24) is 4.90 Å². The summed E-state index contributed by atoms with van der Waals surface area (Å²) < 4.78 is 5.09. The number of phenols is 1. The molecule has 23 heavy (non-hydrogen) atoms. The molecule has 0 radical (unpaired) electrons. The number of nitrogens with zero attached hydrogens (tertiary/aromatic N) is 1. The minimum absolute atomic E-state index is 0.179. The monoisotopic (exact) mass is 335 g/mol. The number of halogens is 1. The second-order valence-electron chi connectivity index (χ2n) is 6.38. The summed E-state index contributed by atoms with van der Waals surface area (Å²) in [4.78, 5) is 14.9. The van der Waals surface area contributed by atoms with Crippen molar-refractivity contribution >= 4 is 17.6 Å². The van der Waals surface area contributed by atoms with Crippen LogP contribution in [-0.2, 0) is 14.9 Å². The Hall–Kier alpha value is -1.52. The zero-order chi connectivity index (χ0) is 16.4. The van der Waals surface area contributed by atoms with Crippen LogP contribution in [-0.4, -0.2) is 42.2 Å². The van der Waals surface area contributed by atoms with E-state index in [2.05, 4.69) is 11.0 Å². The molecular weight excluding hydrogens is 314 g/mol. The van der Waals surface area contributed by atoms with Crippen molar-refractivity contribution in [2.45, 2.75) is 37.1 Å². The number of carbonyl (C=O) groups excluding carboxylic acids is 1. The number of benzene rings is 1. The largest absolute Gasteiger partial charge is 0.508 e. The Morgan fingerprint density at radius 3 is 2.70 bits per heavy atom. The number of esters is 1. The lowest BCUT2D eigenvalue weighted by atomic mass is 9.72. The molecule has 1 aromatic carbocycles. The zero-order valence-electron chi connectivity index (χ0n) is 13.3. The van der Waals surface area contributed by atoms with Crippen molar-refractivity contribution < 1.29 is 14.6 Å². The maximum Gasteiger partial charge on any atom is 0.316 e. The lowest BCUT2D eigenvalue weighted by molar-refractivity contribution is -0.149. The maximum absolute atomic E-state index is 12.5. The normalized spacial score (nSPS) is 24.3. The van der Waals surface area contributed by atoms with Crippen molar-refractivity contribution in [3.63, 3.8) is 0 Å². The van der Waals surface area contributed by atoms with Gasteiger partial charge in [0.1, 0.15) is 5.75 Å². The molecule has 5 heteroatoms. The smallest absolute Gasteiger partial charge is 0.316 e. The number of carbonyl (C=O) groups is 1. The fourth-order valence-corrected chi connectivity index (χ4v) is 4.05. The van der Waals surface area contributed by atoms with Crippen LogP contribution in [0.3, 0.4) is 0 Å². The van der Waals surface area contributed by atoms with Crippen LogP contribution < -0.4 is 0 Å². The van der Waals surface area contributed by atoms with Crippen molar-refractivity contribution in [2.24, 2.45) is 0 Å². The molecule has 1 aliphatic carbocycles. The van der Waals surface area contributed by atoms with E-state index in [1.54, 1.807) is 18.2 Å². The van der Waals surface area contributed by atoms with Crippen molar-refractivity contribution in [1.29, 1.82) is 0 Å². The van der Waals surface area contributed by atoms with Gasteiger partial charge in [-0.1, -0.05) is 29.8 Å². The summed E-state index contributed by atoms with van der Waals surface area (Å²) >= 11 is 6.10. The quantitative estimate of drug-likeness (QED) is 0.862. The first kappa shape index (κ1) is 16.3. The Kier molecular flexibility index (Phi) is 4.64. The predicted molar refractivity (Wildman–Crippen MR) is 89.6 cm³/mol. The van der Waals surface area contributed by atoms with E-state index in [0.717, 1.165) is 36.5 Å². The molecule has 1 heterocycles. The number of ether oxygens (including phenoxy) is 1. The third kappa shape index (κ3) is 3.10. The highest BCUT2D eigenvalue weighted by molar-refractivity contribution is 6.29. The van der Waals surface area contributed by atoms with E-state index in [1.807, 2.05) is 6.07 Å². The van der Waals surface area contributed by atoms with Crippen molar-refractivity contribution in [3.8, 4) is 5.75 Å². The van der Waals surface area contributed by atoms with Gasteiger partial charge < -0.3 is 9.84 Å². The number of methoxy groups -OCH3 is 1. The van der Waals surface area contributed by atoms with Crippen LogP contribution in [0.15, 0.2) is 35.4 Å². The van der Waals surface area contributed by atoms with Crippen molar-refractivity contribution in [2.75, 3.05) is 20.2 Å². The van der Waals surface area contributed by atoms with Gasteiger partial charge in [0.2, 0.25) is 0 Å². The Morgan fingerprint density at radius 1 is 1.39 bits per heavy atom. The molecule has 1 saturated heterocycles. The molecule has 0 aromatic heterocycles. The molecule has 1 unspecified atom stereocenters. The topological polar surface area (TPSA) is 49.8 Å². The SMILES string of the molecule is COC(=O)C1(c2cccc(O)c2)CCN(C2C=C(Cl)CC2)CC1. The van der Waals surface area contributed by atoms with Crippen molar-refractivity contribution in [3.05, 3.63) is 40.9 Å². The number of hydrogen-bond acceptors (Lipinski definition) is 4. The van der Waals surface area contributed by atoms with Crippen LogP contribution in [0.2, 0.25) is 0 Å². The molecule has 1 atom stereocenters. The van der Waals surface area contributed by atoms with Crippen LogP contribution in [0.5, 0.6) is 5.75 Å². The summed E-state index contributed by atoms with van der Waals surface area (Å²) in [6.45, 7) is 1.63. The Bertz CT molecular complexity index is 620. The second-order valence-corrected chi connectivity index (χ2v) is 6.87. The van der Waals surface area contributed by atoms with E-state index in [9.17, 15) is 9.90 Å². The first-order chi connectivity index (χ1) is 11.0. The molecule has 1 N–H and O–H groups in total. The Labute approximate surface area is 141 Å². The first-order valence-corrected chi connectivity index (χ1v) is 8.41. The molecule has 0 amide bonds. The van der Waals surface area contributed by atoms with Crippen LogP contribution in [0.25, 0.3) is 0 Å². The van der Waals surface area contributed by atoms with Gasteiger partial charge in [-0.15, -0.1) is 0 Å². The zero-order valence-corrected chi connectivity index (χ0v) is 14.1. The number of allylic oxidation sites excluding steroid dienone is 1. The van der Waals surface area contributed by atoms with E-state index in [1.165, 1.54) is 7.11 Å². The Balaban J connectivity index is 1.82. The average molecular weight is 336 g/mol. The molecule has 0 spiro atoms. The summed E-state index contributed by atoms with van der Waals surface area (Å²) in [5.41, 5.74) is 0.167. The minimum atomic E-state index is -0.671. The highest BCUT2D eigenvalue weighted by atomic mass is 35.5. The van der Waals surface area contributed by atoms with Gasteiger partial charge in [0.25, 0.3) is 0 Å². The summed E-state index contributed by atoms with van der Waals surface area (Å²) in [5, 5.41) is 10.7. The summed E-state index contributed by atoms with van der Waals surface area (Å²) in [6, 6.07) is 7.36. The molecule has 4 nitrogen and oxygen atoms in total. The third-order valence-electron chi connectivity index (χ3n) is 5.15. The molecule has 1 aromatic rings. The molecular formula is C18H22ClNO3. The van der Waals surface area contributed by atoms with Gasteiger partial charge in [-0.2, -0.15) is 0 Å². The van der Waals surface area contributed by atoms with Gasteiger partial charge in [0.05, 0.1) is 12.5 Å². The van der Waals surface area contributed by atoms with Gasteiger partial charge in [-0.25, -0.2) is 0 Å². The van der Waals surface area contributed by atoms with Crippen LogP contribution >= 0.6 is 11.6 Å². The van der Waals surface area contributed by atoms with E-state index in [-0.39, 0.29) is 11.7 Å². The van der Waals surface area contributed by atoms with Gasteiger partial charge in [-0.3, -0.25) is 9.69 Å². The highest BCUT2D eigenvalue weighted by Gasteiger charge is 2.45. The number of rotatable bonds is 3. The lowest BCUT2D eigenvalue weighted by Crippen LogP contribution is -2.50. The number of likely N-dealkylation sites (tertiary alicyclic amines) is 1. The first-order valence-electron chi connectivity index (χ1n) is 8.03. The average Bonchev–Trinajstić information content (AvgIpc) is 3.00. The van der Waals surface area contributed by atoms with E-state index >= 15 is 0 Å². The van der Waals surface area contributed by atoms with Crippen LogP contribution in [0.1, 0.15) is 31.2 Å². The molecule has 3 rings (SSSR count). The molecule has 0 saturated carbocycles. The number of hydrogen-bond donors (Lipinski definition) is 1. The van der Waals surface area contributed by atoms with E-state index < -0.39 is 5.41 Å².